The van der Waals surface area contributed by atoms with E-state index in [1.165, 1.54) is 4.88 Å². The molecule has 1 aromatic heterocycles. The lowest BCUT2D eigenvalue weighted by Crippen LogP contribution is -2.68. The molecule has 4 nitrogen and oxygen atoms in total. The van der Waals surface area contributed by atoms with E-state index in [4.69, 9.17) is 5.11 Å². The SMILES string of the molecule is O=C(O)CC1(NCc2cccs2)CNC1. The first-order valence-corrected chi connectivity index (χ1v) is 5.78. The van der Waals surface area contributed by atoms with Gasteiger partial charge in [-0.05, 0) is 11.4 Å². The van der Waals surface area contributed by atoms with Gasteiger partial charge >= 0.3 is 5.97 Å². The molecule has 82 valence electrons. The molecule has 0 aromatic carbocycles. The van der Waals surface area contributed by atoms with Crippen LogP contribution < -0.4 is 10.6 Å². The highest BCUT2D eigenvalue weighted by Gasteiger charge is 2.38. The Labute approximate surface area is 92.3 Å². The van der Waals surface area contributed by atoms with Crippen LogP contribution in [0.5, 0.6) is 0 Å². The average Bonchev–Trinajstić information content (AvgIpc) is 2.61. The van der Waals surface area contributed by atoms with E-state index in [9.17, 15) is 4.79 Å². The van der Waals surface area contributed by atoms with Crippen LogP contribution in [-0.4, -0.2) is 29.7 Å². The number of rotatable bonds is 5. The number of nitrogens with one attached hydrogen (secondary N) is 2. The zero-order chi connectivity index (χ0) is 10.7. The van der Waals surface area contributed by atoms with Gasteiger partial charge in [-0.2, -0.15) is 0 Å². The third-order valence-electron chi connectivity index (χ3n) is 2.63. The second-order valence-electron chi connectivity index (χ2n) is 3.89. The number of hydrogen-bond donors (Lipinski definition) is 3. The van der Waals surface area contributed by atoms with Gasteiger partial charge in [-0.25, -0.2) is 0 Å². The van der Waals surface area contributed by atoms with E-state index in [0.717, 1.165) is 19.6 Å². The van der Waals surface area contributed by atoms with E-state index in [1.54, 1.807) is 11.3 Å². The molecule has 0 spiro atoms. The maximum absolute atomic E-state index is 10.7. The molecule has 1 aliphatic heterocycles. The fourth-order valence-electron chi connectivity index (χ4n) is 1.72. The molecular weight excluding hydrogens is 212 g/mol. The van der Waals surface area contributed by atoms with E-state index in [-0.39, 0.29) is 12.0 Å². The quantitative estimate of drug-likeness (QED) is 0.690. The number of aliphatic carboxylic acids is 1. The highest BCUT2D eigenvalue weighted by molar-refractivity contribution is 7.09. The van der Waals surface area contributed by atoms with Crippen LogP contribution in [0.3, 0.4) is 0 Å². The second kappa shape index (κ2) is 4.30. The first kappa shape index (κ1) is 10.6. The summed E-state index contributed by atoms with van der Waals surface area (Å²) in [6, 6.07) is 4.06. The lowest BCUT2D eigenvalue weighted by atomic mass is 9.88. The summed E-state index contributed by atoms with van der Waals surface area (Å²) >= 11 is 1.69. The van der Waals surface area contributed by atoms with Gasteiger partial charge in [-0.3, -0.25) is 4.79 Å². The summed E-state index contributed by atoms with van der Waals surface area (Å²) in [6.07, 6.45) is 0.186. The molecule has 0 unspecified atom stereocenters. The van der Waals surface area contributed by atoms with Crippen molar-refractivity contribution in [1.29, 1.82) is 0 Å². The van der Waals surface area contributed by atoms with Crippen LogP contribution in [0.2, 0.25) is 0 Å². The predicted molar refractivity (Wildman–Crippen MR) is 59.0 cm³/mol. The first-order chi connectivity index (χ1) is 7.20. The number of carboxylic acids is 1. The third kappa shape index (κ3) is 2.56. The van der Waals surface area contributed by atoms with Crippen LogP contribution in [0.15, 0.2) is 17.5 Å². The summed E-state index contributed by atoms with van der Waals surface area (Å²) < 4.78 is 0. The average molecular weight is 226 g/mol. The molecule has 3 N–H and O–H groups in total. The Morgan fingerprint density at radius 1 is 1.67 bits per heavy atom. The predicted octanol–water partition coefficient (Wildman–Crippen LogP) is 0.654. The Bertz CT molecular complexity index is 333. The molecule has 0 atom stereocenters. The summed E-state index contributed by atoms with van der Waals surface area (Å²) in [4.78, 5) is 11.9. The van der Waals surface area contributed by atoms with Crippen LogP contribution in [0.1, 0.15) is 11.3 Å². The lowest BCUT2D eigenvalue weighted by molar-refractivity contribution is -0.139. The summed E-state index contributed by atoms with van der Waals surface area (Å²) in [6.45, 7) is 2.24. The maximum atomic E-state index is 10.7. The van der Waals surface area contributed by atoms with Crippen molar-refractivity contribution in [3.63, 3.8) is 0 Å². The summed E-state index contributed by atoms with van der Waals surface area (Å²) in [5, 5.41) is 17.3. The van der Waals surface area contributed by atoms with Crippen molar-refractivity contribution < 1.29 is 9.90 Å². The van der Waals surface area contributed by atoms with Crippen LogP contribution in [0, 0.1) is 0 Å². The van der Waals surface area contributed by atoms with Crippen molar-refractivity contribution in [2.45, 2.75) is 18.5 Å². The number of thiophene rings is 1. The fourth-order valence-corrected chi connectivity index (χ4v) is 2.36. The molecule has 15 heavy (non-hydrogen) atoms. The van der Waals surface area contributed by atoms with Gasteiger partial charge in [0.05, 0.1) is 12.0 Å². The zero-order valence-electron chi connectivity index (χ0n) is 8.32. The molecule has 2 heterocycles. The Kier molecular flexibility index (Phi) is 3.04. The third-order valence-corrected chi connectivity index (χ3v) is 3.51. The van der Waals surface area contributed by atoms with Crippen molar-refractivity contribution in [3.8, 4) is 0 Å². The molecular formula is C10H14N2O2S. The highest BCUT2D eigenvalue weighted by atomic mass is 32.1. The maximum Gasteiger partial charge on any atom is 0.305 e. The van der Waals surface area contributed by atoms with Crippen LogP contribution in [0.4, 0.5) is 0 Å². The van der Waals surface area contributed by atoms with Gasteiger partial charge < -0.3 is 15.7 Å². The minimum Gasteiger partial charge on any atom is -0.481 e. The van der Waals surface area contributed by atoms with E-state index < -0.39 is 5.97 Å². The van der Waals surface area contributed by atoms with Gasteiger partial charge in [0, 0.05) is 24.5 Å². The Balaban J connectivity index is 1.88. The normalized spacial score (nSPS) is 18.4. The van der Waals surface area contributed by atoms with Crippen molar-refractivity contribution in [2.75, 3.05) is 13.1 Å². The molecule has 1 fully saturated rings. The molecule has 0 bridgehead atoms. The summed E-state index contributed by atoms with van der Waals surface area (Å²) in [5.41, 5.74) is -0.240. The number of carbonyl (C=O) groups is 1. The van der Waals surface area contributed by atoms with Crippen LogP contribution >= 0.6 is 11.3 Å². The largest absolute Gasteiger partial charge is 0.481 e. The van der Waals surface area contributed by atoms with Crippen molar-refractivity contribution in [2.24, 2.45) is 0 Å². The lowest BCUT2D eigenvalue weighted by Gasteiger charge is -2.42. The minimum absolute atomic E-state index is 0.186. The van der Waals surface area contributed by atoms with Gasteiger partial charge in [0.1, 0.15) is 0 Å². The Morgan fingerprint density at radius 3 is 2.93 bits per heavy atom. The van der Waals surface area contributed by atoms with Crippen molar-refractivity contribution in [3.05, 3.63) is 22.4 Å². The summed E-state index contributed by atoms with van der Waals surface area (Å²) in [7, 11) is 0. The standard InChI is InChI=1S/C10H14N2O2S/c13-9(14)4-10(6-11-7-10)12-5-8-2-1-3-15-8/h1-3,11-12H,4-7H2,(H,13,14). The van der Waals surface area contributed by atoms with Gasteiger partial charge in [-0.1, -0.05) is 6.07 Å². The topological polar surface area (TPSA) is 61.4 Å². The zero-order valence-corrected chi connectivity index (χ0v) is 9.14. The molecule has 0 saturated carbocycles. The van der Waals surface area contributed by atoms with Crippen molar-refractivity contribution in [1.82, 2.24) is 10.6 Å². The van der Waals surface area contributed by atoms with E-state index in [1.807, 2.05) is 11.4 Å². The first-order valence-electron chi connectivity index (χ1n) is 4.90. The van der Waals surface area contributed by atoms with Gasteiger partial charge in [-0.15, -0.1) is 11.3 Å². The van der Waals surface area contributed by atoms with E-state index in [0.29, 0.717) is 0 Å². The van der Waals surface area contributed by atoms with Gasteiger partial charge in [0.15, 0.2) is 0 Å². The van der Waals surface area contributed by atoms with Gasteiger partial charge in [0.2, 0.25) is 0 Å². The summed E-state index contributed by atoms with van der Waals surface area (Å²) in [5.74, 6) is -0.741. The van der Waals surface area contributed by atoms with Gasteiger partial charge in [0.25, 0.3) is 0 Å². The smallest absolute Gasteiger partial charge is 0.305 e. The fraction of sp³-hybridized carbons (Fsp3) is 0.500. The minimum atomic E-state index is -0.741. The van der Waals surface area contributed by atoms with Crippen LogP contribution in [0.25, 0.3) is 0 Å². The molecule has 1 saturated heterocycles. The van der Waals surface area contributed by atoms with Crippen molar-refractivity contribution >= 4 is 17.3 Å². The molecule has 0 radical (unpaired) electrons. The Morgan fingerprint density at radius 2 is 2.47 bits per heavy atom. The molecule has 1 aromatic rings. The number of hydrogen-bond acceptors (Lipinski definition) is 4. The highest BCUT2D eigenvalue weighted by Crippen LogP contribution is 2.18. The van der Waals surface area contributed by atoms with E-state index >= 15 is 0 Å². The molecule has 0 amide bonds. The number of carboxylic acid groups (broad SMARTS) is 1. The Hall–Kier alpha value is -0.910. The second-order valence-corrected chi connectivity index (χ2v) is 4.92. The molecule has 0 aliphatic carbocycles. The van der Waals surface area contributed by atoms with Crippen LogP contribution in [-0.2, 0) is 11.3 Å². The monoisotopic (exact) mass is 226 g/mol. The van der Waals surface area contributed by atoms with E-state index in [2.05, 4.69) is 16.7 Å². The molecule has 1 aliphatic rings. The molecule has 5 heteroatoms. The molecule has 2 rings (SSSR count).